The molecule has 1 N–H and O–H groups in total. The highest BCUT2D eigenvalue weighted by molar-refractivity contribution is 7.92. The average molecular weight is 477 g/mol. The number of sulfone groups is 1. The number of nitrogens with zero attached hydrogens (tertiary/aromatic N) is 3. The maximum atomic E-state index is 12.7. The molecular weight excluding hydrogens is 457 g/mol. The molecule has 2 aromatic rings. The summed E-state index contributed by atoms with van der Waals surface area (Å²) in [5.74, 6) is 0. The summed E-state index contributed by atoms with van der Waals surface area (Å²) >= 11 is 0. The normalized spacial score (nSPS) is 15.2. The van der Waals surface area contributed by atoms with Crippen LogP contribution in [0.4, 0.5) is 24.5 Å². The summed E-state index contributed by atoms with van der Waals surface area (Å²) < 4.78 is 86.7. The summed E-state index contributed by atoms with van der Waals surface area (Å²) in [7, 11) is -8.90. The zero-order valence-electron chi connectivity index (χ0n) is 16.5. The van der Waals surface area contributed by atoms with Crippen molar-refractivity contribution in [1.82, 2.24) is 9.88 Å². The van der Waals surface area contributed by atoms with Gasteiger partial charge in [-0.15, -0.1) is 0 Å². The van der Waals surface area contributed by atoms with Crippen molar-refractivity contribution in [2.45, 2.75) is 23.9 Å². The fourth-order valence-corrected chi connectivity index (χ4v) is 4.33. The highest BCUT2D eigenvalue weighted by atomic mass is 32.2. The first-order chi connectivity index (χ1) is 14.3. The molecule has 0 aliphatic carbocycles. The van der Waals surface area contributed by atoms with Crippen LogP contribution in [-0.4, -0.2) is 45.2 Å². The van der Waals surface area contributed by atoms with Gasteiger partial charge in [-0.25, -0.2) is 16.8 Å². The monoisotopic (exact) mass is 476 g/mol. The van der Waals surface area contributed by atoms with Crippen LogP contribution in [0, 0.1) is 0 Å². The number of pyridine rings is 1. The molecule has 0 amide bonds. The lowest BCUT2D eigenvalue weighted by Crippen LogP contribution is -2.27. The molecule has 0 spiro atoms. The maximum Gasteiger partial charge on any atom is 0.501 e. The predicted octanol–water partition coefficient (Wildman–Crippen LogP) is 2.89. The number of allylic oxidation sites excluding steroid dienone is 1. The number of hydrogen-bond donors (Lipinski definition) is 1. The van der Waals surface area contributed by atoms with E-state index in [1.165, 1.54) is 24.5 Å². The van der Waals surface area contributed by atoms with Gasteiger partial charge in [-0.2, -0.15) is 13.2 Å². The summed E-state index contributed by atoms with van der Waals surface area (Å²) in [5.41, 5.74) is -3.00. The van der Waals surface area contributed by atoms with Crippen molar-refractivity contribution in [1.29, 1.82) is 0 Å². The molecule has 1 aliphatic heterocycles. The van der Waals surface area contributed by atoms with Crippen LogP contribution < -0.4 is 9.62 Å². The summed E-state index contributed by atoms with van der Waals surface area (Å²) in [6.07, 6.45) is 5.74. The number of rotatable bonds is 6. The van der Waals surface area contributed by atoms with E-state index in [0.29, 0.717) is 30.2 Å². The Labute approximate surface area is 178 Å². The van der Waals surface area contributed by atoms with Crippen molar-refractivity contribution in [3.63, 3.8) is 0 Å². The Hall–Kier alpha value is -2.80. The number of anilines is 2. The van der Waals surface area contributed by atoms with Crippen molar-refractivity contribution in [3.8, 4) is 0 Å². The Morgan fingerprint density at radius 3 is 2.32 bits per heavy atom. The molecule has 8 nitrogen and oxygen atoms in total. The van der Waals surface area contributed by atoms with Crippen molar-refractivity contribution in [3.05, 3.63) is 60.2 Å². The third kappa shape index (κ3) is 5.10. The summed E-state index contributed by atoms with van der Waals surface area (Å²) in [6, 6.07) is 6.12. The minimum Gasteiger partial charge on any atom is -0.351 e. The Morgan fingerprint density at radius 2 is 1.74 bits per heavy atom. The molecule has 31 heavy (non-hydrogen) atoms. The molecule has 0 fully saturated rings. The van der Waals surface area contributed by atoms with Crippen LogP contribution in [0.5, 0.6) is 0 Å². The highest BCUT2D eigenvalue weighted by Crippen LogP contribution is 2.32. The van der Waals surface area contributed by atoms with E-state index in [2.05, 4.69) is 9.71 Å². The fraction of sp³-hybridized carbons (Fsp3) is 0.278. The van der Waals surface area contributed by atoms with Gasteiger partial charge in [-0.05, 0) is 42.8 Å². The molecule has 0 saturated heterocycles. The second-order valence-corrected chi connectivity index (χ2v) is 10.6. The summed E-state index contributed by atoms with van der Waals surface area (Å²) in [6.45, 7) is 2.50. The van der Waals surface area contributed by atoms with E-state index < -0.39 is 30.3 Å². The first-order valence-electron chi connectivity index (χ1n) is 8.80. The lowest BCUT2D eigenvalue weighted by atomic mass is 10.2. The first-order valence-corrected chi connectivity index (χ1v) is 12.2. The summed E-state index contributed by atoms with van der Waals surface area (Å²) in [4.78, 5) is 6.77. The molecule has 0 atom stereocenters. The summed E-state index contributed by atoms with van der Waals surface area (Å²) in [5, 5.41) is 0. The van der Waals surface area contributed by atoms with Crippen LogP contribution in [0.25, 0.3) is 0 Å². The number of nitrogens with one attached hydrogen (secondary N) is 1. The van der Waals surface area contributed by atoms with Crippen molar-refractivity contribution >= 4 is 31.2 Å². The van der Waals surface area contributed by atoms with Gasteiger partial charge in [0.2, 0.25) is 10.0 Å². The molecule has 2 heterocycles. The topological polar surface area (TPSA) is 99.7 Å². The van der Waals surface area contributed by atoms with E-state index in [0.717, 1.165) is 24.1 Å². The van der Waals surface area contributed by atoms with Gasteiger partial charge in [-0.1, -0.05) is 0 Å². The van der Waals surface area contributed by atoms with E-state index in [-0.39, 0.29) is 0 Å². The van der Waals surface area contributed by atoms with Gasteiger partial charge in [0.25, 0.3) is 9.84 Å². The van der Waals surface area contributed by atoms with Crippen molar-refractivity contribution in [2.24, 2.45) is 0 Å². The number of halogens is 3. The zero-order valence-corrected chi connectivity index (χ0v) is 18.1. The standard InChI is InChI=1S/C18H19F3N4O4S2/c1-13-10-25(15-3-5-16(6-4-15)31(28,29)18(19,20)21)12-24(13)11-14-7-8-22-9-17(14)23-30(2,26)27/h3-10,23H,11-12H2,1-2H3. The van der Waals surface area contributed by atoms with Gasteiger partial charge in [0.1, 0.15) is 0 Å². The quantitative estimate of drug-likeness (QED) is 0.684. The second kappa shape index (κ2) is 8.04. The molecule has 13 heteroatoms. The van der Waals surface area contributed by atoms with Crippen LogP contribution in [0.2, 0.25) is 0 Å². The number of aromatic nitrogens is 1. The van der Waals surface area contributed by atoms with Crippen LogP contribution in [-0.2, 0) is 26.4 Å². The number of hydrogen-bond acceptors (Lipinski definition) is 7. The molecular formula is C18H19F3N4O4S2. The Bertz CT molecular complexity index is 1210. The van der Waals surface area contributed by atoms with E-state index >= 15 is 0 Å². The van der Waals surface area contributed by atoms with Gasteiger partial charge < -0.3 is 9.80 Å². The molecule has 0 saturated carbocycles. The van der Waals surface area contributed by atoms with Crippen molar-refractivity contribution in [2.75, 3.05) is 22.5 Å². The Kier molecular flexibility index (Phi) is 5.93. The molecule has 168 valence electrons. The molecule has 0 bridgehead atoms. The lowest BCUT2D eigenvalue weighted by Gasteiger charge is -2.24. The third-order valence-corrected chi connectivity index (χ3v) is 6.61. The van der Waals surface area contributed by atoms with Gasteiger partial charge in [0, 0.05) is 30.3 Å². The van der Waals surface area contributed by atoms with E-state index in [1.54, 1.807) is 17.2 Å². The first kappa shape index (κ1) is 22.9. The van der Waals surface area contributed by atoms with Crippen LogP contribution >= 0.6 is 0 Å². The number of alkyl halides is 3. The second-order valence-electron chi connectivity index (χ2n) is 6.93. The maximum absolute atomic E-state index is 12.7. The lowest BCUT2D eigenvalue weighted by molar-refractivity contribution is -0.0436. The van der Waals surface area contributed by atoms with Crippen LogP contribution in [0.3, 0.4) is 0 Å². The van der Waals surface area contributed by atoms with E-state index in [4.69, 9.17) is 0 Å². The van der Waals surface area contributed by atoms with Crippen molar-refractivity contribution < 1.29 is 30.0 Å². The third-order valence-electron chi connectivity index (χ3n) is 4.52. The molecule has 0 unspecified atom stereocenters. The number of sulfonamides is 1. The minimum absolute atomic E-state index is 0.331. The van der Waals surface area contributed by atoms with Crippen LogP contribution in [0.15, 0.2) is 59.5 Å². The zero-order chi connectivity index (χ0) is 23.0. The molecule has 0 radical (unpaired) electrons. The van der Waals surface area contributed by atoms with E-state index in [9.17, 15) is 30.0 Å². The number of benzene rings is 1. The average Bonchev–Trinajstić information content (AvgIpc) is 3.02. The molecule has 1 aromatic heterocycles. The SMILES string of the molecule is CC1=CN(c2ccc(S(=O)(=O)C(F)(F)F)cc2)CN1Cc1ccncc1NS(C)(=O)=O. The molecule has 3 rings (SSSR count). The largest absolute Gasteiger partial charge is 0.501 e. The van der Waals surface area contributed by atoms with Gasteiger partial charge >= 0.3 is 5.51 Å². The molecule has 1 aliphatic rings. The highest BCUT2D eigenvalue weighted by Gasteiger charge is 2.46. The van der Waals surface area contributed by atoms with Gasteiger partial charge in [0.15, 0.2) is 0 Å². The smallest absolute Gasteiger partial charge is 0.351 e. The van der Waals surface area contributed by atoms with Gasteiger partial charge in [-0.3, -0.25) is 9.71 Å². The predicted molar refractivity (Wildman–Crippen MR) is 109 cm³/mol. The van der Waals surface area contributed by atoms with E-state index in [1.807, 2.05) is 11.8 Å². The minimum atomic E-state index is -5.41. The van der Waals surface area contributed by atoms with Gasteiger partial charge in [0.05, 0.1) is 29.7 Å². The Balaban J connectivity index is 1.77. The molecule has 1 aromatic carbocycles. The van der Waals surface area contributed by atoms with Crippen LogP contribution in [0.1, 0.15) is 12.5 Å². The fourth-order valence-electron chi connectivity index (χ4n) is 2.98. The Morgan fingerprint density at radius 1 is 1.10 bits per heavy atom.